The first-order valence-corrected chi connectivity index (χ1v) is 22.7. The van der Waals surface area contributed by atoms with E-state index in [-0.39, 0.29) is 66.0 Å². The summed E-state index contributed by atoms with van der Waals surface area (Å²) in [4.78, 5) is 98.5. The number of β-amino-alcohol motifs (C(OH)–C–C–N with tert-alkyl or cyclic N) is 1. The Morgan fingerprint density at radius 3 is 2.15 bits per heavy atom. The van der Waals surface area contributed by atoms with Gasteiger partial charge in [-0.3, -0.25) is 33.6 Å². The van der Waals surface area contributed by atoms with Crippen LogP contribution in [0.1, 0.15) is 73.5 Å². The van der Waals surface area contributed by atoms with Gasteiger partial charge in [0.15, 0.2) is 0 Å². The summed E-state index contributed by atoms with van der Waals surface area (Å²) in [5.41, 5.74) is 13.9. The number of aliphatic hydroxyl groups is 1. The summed E-state index contributed by atoms with van der Waals surface area (Å²) >= 11 is 6.05. The van der Waals surface area contributed by atoms with Crippen molar-refractivity contribution in [1.82, 2.24) is 31.1 Å². The number of hydrogen-bond donors (Lipinski definition) is 9. The number of fused-ring (bicyclic) bond motifs is 5. The molecule has 0 saturated carbocycles. The Balaban J connectivity index is 1.29. The summed E-state index contributed by atoms with van der Waals surface area (Å²) in [6, 6.07) is 15.4. The average Bonchev–Trinajstić information content (AvgIpc) is 3.67. The van der Waals surface area contributed by atoms with Crippen molar-refractivity contribution < 1.29 is 48.9 Å². The van der Waals surface area contributed by atoms with E-state index in [0.717, 1.165) is 16.0 Å². The first-order valence-electron chi connectivity index (χ1n) is 22.3. The first kappa shape index (κ1) is 50.4. The summed E-state index contributed by atoms with van der Waals surface area (Å²) < 4.78 is 0. The van der Waals surface area contributed by atoms with Gasteiger partial charge in [-0.05, 0) is 117 Å². The van der Waals surface area contributed by atoms with Crippen LogP contribution in [0.4, 0.5) is 0 Å². The third-order valence-corrected chi connectivity index (χ3v) is 12.5. The van der Waals surface area contributed by atoms with E-state index in [1.165, 1.54) is 62.2 Å². The molecule has 4 aromatic carbocycles. The van der Waals surface area contributed by atoms with Crippen LogP contribution in [-0.4, -0.2) is 123 Å². The second-order valence-corrected chi connectivity index (χ2v) is 17.7. The number of rotatable bonds is 14. The summed E-state index contributed by atoms with van der Waals surface area (Å²) in [5, 5.41) is 44.0. The van der Waals surface area contributed by atoms with E-state index < -0.39 is 83.7 Å². The molecule has 0 aromatic heterocycles. The van der Waals surface area contributed by atoms with Crippen molar-refractivity contribution in [2.75, 3.05) is 20.1 Å². The number of hydrogen-bond acceptors (Lipinski definition) is 11. The fourth-order valence-corrected chi connectivity index (χ4v) is 8.68. The Morgan fingerprint density at radius 1 is 0.868 bits per heavy atom. The smallest absolute Gasteiger partial charge is 0.251 e. The van der Waals surface area contributed by atoms with Crippen molar-refractivity contribution in [2.24, 2.45) is 11.5 Å². The molecule has 2 aliphatic rings. The van der Waals surface area contributed by atoms with Crippen LogP contribution in [0.5, 0.6) is 11.5 Å². The number of aliphatic hydroxyl groups excluding tert-OH is 1. The van der Waals surface area contributed by atoms with Crippen LogP contribution in [0.15, 0.2) is 84.9 Å². The van der Waals surface area contributed by atoms with Crippen molar-refractivity contribution in [1.29, 1.82) is 0 Å². The Bertz CT molecular complexity index is 2540. The van der Waals surface area contributed by atoms with Gasteiger partial charge in [0.1, 0.15) is 41.7 Å². The van der Waals surface area contributed by atoms with Gasteiger partial charge in [-0.25, -0.2) is 0 Å². The Morgan fingerprint density at radius 2 is 1.50 bits per heavy atom. The van der Waals surface area contributed by atoms with E-state index in [1.54, 1.807) is 36.4 Å². The molecule has 2 aliphatic heterocycles. The predicted octanol–water partition coefficient (Wildman–Crippen LogP) is 2.40. The standard InChI is InChI=1S/C49H57ClN8O10/c1-26-44(63)56-39(46(65)54-27(2)48(67)58-25-35(59)23-34(58)24-42(52)62)21-28-7-17-40(60)36(20-28)37-22-32(14-18-41(37)61)43(47(66)53-26)57(3)49(68)38(6-4-5-19-51)55-45(64)31-10-8-29(9-11-31)30-12-15-33(50)16-13-30/h7-18,20,22,26-27,34-35,38-39,43,59-61H,4-6,19,21,23-25,51H2,1-3H3,(H2,52,62)(H,53,66)(H,54,65)(H,55,64)(H,56,63). The second kappa shape index (κ2) is 22.2. The third-order valence-electron chi connectivity index (χ3n) is 12.2. The normalized spacial score (nSPS) is 20.2. The van der Waals surface area contributed by atoms with Crippen LogP contribution in [-0.2, 0) is 35.2 Å². The maximum atomic E-state index is 14.6. The third kappa shape index (κ3) is 12.1. The van der Waals surface area contributed by atoms with Gasteiger partial charge in [0.25, 0.3) is 5.91 Å². The molecule has 0 radical (unpaired) electrons. The molecule has 7 amide bonds. The van der Waals surface area contributed by atoms with E-state index in [0.29, 0.717) is 30.0 Å². The molecule has 6 rings (SSSR count). The molecule has 18 nitrogen and oxygen atoms in total. The first-order chi connectivity index (χ1) is 32.3. The minimum absolute atomic E-state index is 0.0722. The van der Waals surface area contributed by atoms with Crippen LogP contribution in [0.25, 0.3) is 22.3 Å². The van der Waals surface area contributed by atoms with Gasteiger partial charge < -0.3 is 57.9 Å². The van der Waals surface area contributed by atoms with Crippen molar-refractivity contribution in [2.45, 2.75) is 94.7 Å². The number of benzene rings is 4. The number of aromatic hydroxyl groups is 2. The number of nitrogens with two attached hydrogens (primary N) is 2. The van der Waals surface area contributed by atoms with E-state index in [2.05, 4.69) is 21.3 Å². The number of likely N-dealkylation sites (N-methyl/N-ethyl adjacent to an activating group) is 1. The maximum absolute atomic E-state index is 14.6. The zero-order chi connectivity index (χ0) is 49.4. The summed E-state index contributed by atoms with van der Waals surface area (Å²) in [6.45, 7) is 3.05. The summed E-state index contributed by atoms with van der Waals surface area (Å²) in [5.74, 6) is -5.46. The Labute approximate surface area is 398 Å². The van der Waals surface area contributed by atoms with Gasteiger partial charge in [0.05, 0.1) is 6.10 Å². The molecule has 0 aliphatic carbocycles. The fourth-order valence-electron chi connectivity index (χ4n) is 8.55. The number of primary amides is 1. The van der Waals surface area contributed by atoms with E-state index in [9.17, 15) is 48.9 Å². The molecule has 1 saturated heterocycles. The lowest BCUT2D eigenvalue weighted by molar-refractivity contribution is -0.141. The highest BCUT2D eigenvalue weighted by Gasteiger charge is 2.39. The van der Waals surface area contributed by atoms with Crippen molar-refractivity contribution in [3.05, 3.63) is 107 Å². The molecule has 19 heteroatoms. The number of carbonyl (C=O) groups excluding carboxylic acids is 7. The summed E-state index contributed by atoms with van der Waals surface area (Å²) in [6.07, 6.45) is -0.00276. The molecule has 4 aromatic rings. The van der Waals surface area contributed by atoms with Crippen LogP contribution < -0.4 is 32.7 Å². The van der Waals surface area contributed by atoms with E-state index >= 15 is 0 Å². The van der Waals surface area contributed by atoms with Gasteiger partial charge in [0.2, 0.25) is 35.4 Å². The molecule has 4 bridgehead atoms. The topological polar surface area (TPSA) is 287 Å². The minimum atomic E-state index is -1.48. The fraction of sp³-hybridized carbons (Fsp3) is 0.367. The number of phenolic OH excluding ortho intramolecular Hbond substituents is 2. The maximum Gasteiger partial charge on any atom is 0.251 e. The Hall–Kier alpha value is -7.02. The molecule has 68 heavy (non-hydrogen) atoms. The van der Waals surface area contributed by atoms with Gasteiger partial charge in [-0.1, -0.05) is 48.0 Å². The van der Waals surface area contributed by atoms with Crippen molar-refractivity contribution in [3.8, 4) is 33.8 Å². The minimum Gasteiger partial charge on any atom is -0.507 e. The molecular formula is C49H57ClN8O10. The molecule has 7 unspecified atom stereocenters. The quantitative estimate of drug-likeness (QED) is 0.0828. The van der Waals surface area contributed by atoms with Gasteiger partial charge in [-0.2, -0.15) is 0 Å². The number of likely N-dealkylation sites (tertiary alicyclic amines) is 1. The number of halogens is 1. The lowest BCUT2D eigenvalue weighted by Crippen LogP contribution is -2.58. The molecule has 360 valence electrons. The zero-order valence-corrected chi connectivity index (χ0v) is 38.7. The molecule has 11 N–H and O–H groups in total. The van der Waals surface area contributed by atoms with Gasteiger partial charge in [0, 0.05) is 54.2 Å². The number of amides is 7. The number of unbranched alkanes of at least 4 members (excludes halogenated alkanes) is 1. The highest BCUT2D eigenvalue weighted by Crippen LogP contribution is 2.39. The molecule has 1 fully saturated rings. The number of phenols is 2. The van der Waals surface area contributed by atoms with Crippen LogP contribution in [0.3, 0.4) is 0 Å². The predicted molar refractivity (Wildman–Crippen MR) is 253 cm³/mol. The zero-order valence-electron chi connectivity index (χ0n) is 37.9. The Kier molecular flexibility index (Phi) is 16.4. The van der Waals surface area contributed by atoms with Crippen LogP contribution >= 0.6 is 11.6 Å². The van der Waals surface area contributed by atoms with Crippen molar-refractivity contribution in [3.63, 3.8) is 0 Å². The number of carbonyl (C=O) groups is 7. The van der Waals surface area contributed by atoms with E-state index in [4.69, 9.17) is 23.1 Å². The molecule has 2 heterocycles. The van der Waals surface area contributed by atoms with E-state index in [1.807, 2.05) is 12.1 Å². The second-order valence-electron chi connectivity index (χ2n) is 17.3. The number of nitrogens with one attached hydrogen (secondary N) is 4. The lowest BCUT2D eigenvalue weighted by atomic mass is 9.93. The largest absolute Gasteiger partial charge is 0.507 e. The monoisotopic (exact) mass is 952 g/mol. The number of nitrogens with zero attached hydrogens (tertiary/aromatic N) is 2. The van der Waals surface area contributed by atoms with Gasteiger partial charge >= 0.3 is 0 Å². The highest BCUT2D eigenvalue weighted by atomic mass is 35.5. The molecular weight excluding hydrogens is 896 g/mol. The SMILES string of the molecule is CC1NC(=O)C(N(C)C(=O)C(CCCCN)NC(=O)c2ccc(-c3ccc(Cl)cc3)cc2)c2ccc(O)c(c2)-c2cc(ccc2O)CC(C(=O)NC(C)C(=O)N2CC(O)CC2CC(N)=O)NC1=O. The van der Waals surface area contributed by atoms with Gasteiger partial charge in [-0.15, -0.1) is 0 Å². The van der Waals surface area contributed by atoms with Crippen LogP contribution in [0, 0.1) is 0 Å². The highest BCUT2D eigenvalue weighted by molar-refractivity contribution is 6.30. The van der Waals surface area contributed by atoms with Crippen LogP contribution in [0.2, 0.25) is 5.02 Å². The van der Waals surface area contributed by atoms with Crippen molar-refractivity contribution >= 4 is 53.0 Å². The molecule has 0 spiro atoms. The molecule has 7 atom stereocenters. The summed E-state index contributed by atoms with van der Waals surface area (Å²) in [7, 11) is 1.37. The lowest BCUT2D eigenvalue weighted by Gasteiger charge is -2.32. The average molecular weight is 953 g/mol.